The topological polar surface area (TPSA) is 40.5 Å². The second-order valence-electron chi connectivity index (χ2n) is 5.12. The Kier molecular flexibility index (Phi) is 4.40. The van der Waals surface area contributed by atoms with Crippen molar-refractivity contribution in [2.24, 2.45) is 5.92 Å². The molecule has 2 nitrogen and oxygen atoms in total. The Morgan fingerprint density at radius 2 is 1.54 bits per heavy atom. The lowest BCUT2D eigenvalue weighted by Gasteiger charge is -2.35. The van der Waals surface area contributed by atoms with Gasteiger partial charge in [-0.15, -0.1) is 0 Å². The van der Waals surface area contributed by atoms with Gasteiger partial charge < -0.3 is 10.2 Å². The summed E-state index contributed by atoms with van der Waals surface area (Å²) < 4.78 is 0. The molecule has 0 aromatic carbocycles. The molecule has 0 spiro atoms. The maximum absolute atomic E-state index is 9.91. The van der Waals surface area contributed by atoms with Crippen LogP contribution in [0.3, 0.4) is 0 Å². The van der Waals surface area contributed by atoms with Gasteiger partial charge in [0.25, 0.3) is 0 Å². The molecular formula is C11H24O2. The fourth-order valence-electron chi connectivity index (χ4n) is 1.16. The van der Waals surface area contributed by atoms with Gasteiger partial charge in [0.15, 0.2) is 0 Å². The highest BCUT2D eigenvalue weighted by Crippen LogP contribution is 2.27. The highest BCUT2D eigenvalue weighted by Gasteiger charge is 2.36. The quantitative estimate of drug-likeness (QED) is 0.695. The Hall–Kier alpha value is -0.0800. The van der Waals surface area contributed by atoms with Crippen molar-refractivity contribution in [1.29, 1.82) is 0 Å². The van der Waals surface area contributed by atoms with E-state index in [-0.39, 0.29) is 0 Å². The lowest BCUT2D eigenvalue weighted by Crippen LogP contribution is -2.47. The Labute approximate surface area is 82.0 Å². The van der Waals surface area contributed by atoms with Crippen molar-refractivity contribution >= 4 is 0 Å². The predicted molar refractivity (Wildman–Crippen MR) is 55.6 cm³/mol. The third-order valence-electron chi connectivity index (χ3n) is 2.76. The first-order valence-corrected chi connectivity index (χ1v) is 5.11. The molecule has 0 fully saturated rings. The molecule has 0 heterocycles. The van der Waals surface area contributed by atoms with Gasteiger partial charge in [-0.3, -0.25) is 0 Å². The van der Waals surface area contributed by atoms with Crippen LogP contribution < -0.4 is 0 Å². The van der Waals surface area contributed by atoms with Crippen LogP contribution in [0.5, 0.6) is 0 Å². The summed E-state index contributed by atoms with van der Waals surface area (Å²) in [4.78, 5) is 0. The van der Waals surface area contributed by atoms with Gasteiger partial charge in [0, 0.05) is 0 Å². The average Bonchev–Trinajstić information content (AvgIpc) is 1.82. The standard InChI is InChI=1S/C11H24O2/c1-9(2)7-6-8-11(5,13)10(3,4)12/h9,12-13H,6-8H2,1-5H3. The van der Waals surface area contributed by atoms with Crippen LogP contribution in [0.1, 0.15) is 53.9 Å². The van der Waals surface area contributed by atoms with Gasteiger partial charge in [-0.05, 0) is 33.1 Å². The first kappa shape index (κ1) is 12.9. The zero-order chi connectivity index (χ0) is 10.7. The monoisotopic (exact) mass is 188 g/mol. The molecule has 0 rings (SSSR count). The second-order valence-corrected chi connectivity index (χ2v) is 5.12. The van der Waals surface area contributed by atoms with Crippen LogP contribution in [0.15, 0.2) is 0 Å². The molecule has 2 heteroatoms. The van der Waals surface area contributed by atoms with Gasteiger partial charge in [-0.25, -0.2) is 0 Å². The van der Waals surface area contributed by atoms with Crippen molar-refractivity contribution < 1.29 is 10.2 Å². The molecule has 1 unspecified atom stereocenters. The van der Waals surface area contributed by atoms with Crippen molar-refractivity contribution in [3.8, 4) is 0 Å². The van der Waals surface area contributed by atoms with Crippen LogP contribution in [0, 0.1) is 5.92 Å². The van der Waals surface area contributed by atoms with E-state index in [1.807, 2.05) is 0 Å². The van der Waals surface area contributed by atoms with Crippen LogP contribution in [-0.2, 0) is 0 Å². The molecular weight excluding hydrogens is 164 g/mol. The highest BCUT2D eigenvalue weighted by atomic mass is 16.3. The molecule has 0 amide bonds. The zero-order valence-corrected chi connectivity index (χ0v) is 9.59. The summed E-state index contributed by atoms with van der Waals surface area (Å²) in [5, 5.41) is 19.6. The smallest absolute Gasteiger partial charge is 0.0900 e. The number of hydrogen-bond acceptors (Lipinski definition) is 2. The fraction of sp³-hybridized carbons (Fsp3) is 1.00. The largest absolute Gasteiger partial charge is 0.387 e. The van der Waals surface area contributed by atoms with Crippen LogP contribution in [0.2, 0.25) is 0 Å². The Bertz CT molecular complexity index is 143. The van der Waals surface area contributed by atoms with E-state index in [4.69, 9.17) is 0 Å². The Morgan fingerprint density at radius 3 is 1.85 bits per heavy atom. The molecule has 0 saturated heterocycles. The van der Waals surface area contributed by atoms with Gasteiger partial charge in [-0.2, -0.15) is 0 Å². The first-order valence-electron chi connectivity index (χ1n) is 5.11. The Morgan fingerprint density at radius 1 is 1.08 bits per heavy atom. The molecule has 0 bridgehead atoms. The van der Waals surface area contributed by atoms with E-state index in [1.54, 1.807) is 20.8 Å². The van der Waals surface area contributed by atoms with E-state index in [0.717, 1.165) is 12.8 Å². The molecule has 1 atom stereocenters. The van der Waals surface area contributed by atoms with E-state index >= 15 is 0 Å². The van der Waals surface area contributed by atoms with Crippen molar-refractivity contribution in [2.75, 3.05) is 0 Å². The minimum atomic E-state index is -1.01. The fourth-order valence-corrected chi connectivity index (χ4v) is 1.16. The maximum atomic E-state index is 9.91. The van der Waals surface area contributed by atoms with Gasteiger partial charge in [-0.1, -0.05) is 26.7 Å². The van der Waals surface area contributed by atoms with Crippen LogP contribution in [0.4, 0.5) is 0 Å². The molecule has 13 heavy (non-hydrogen) atoms. The minimum absolute atomic E-state index is 0.661. The van der Waals surface area contributed by atoms with Gasteiger partial charge in [0.2, 0.25) is 0 Å². The second kappa shape index (κ2) is 4.43. The van der Waals surface area contributed by atoms with E-state index < -0.39 is 11.2 Å². The predicted octanol–water partition coefficient (Wildman–Crippen LogP) is 2.33. The highest BCUT2D eigenvalue weighted by molar-refractivity contribution is 4.89. The SMILES string of the molecule is CC(C)CCCC(C)(O)C(C)(C)O. The summed E-state index contributed by atoms with van der Waals surface area (Å²) in [6.45, 7) is 9.34. The normalized spacial score (nSPS) is 17.5. The van der Waals surface area contributed by atoms with Crippen molar-refractivity contribution in [2.45, 2.75) is 65.1 Å². The maximum Gasteiger partial charge on any atom is 0.0900 e. The molecule has 0 aliphatic heterocycles. The summed E-state index contributed by atoms with van der Waals surface area (Å²) in [5.41, 5.74) is -1.98. The Balaban J connectivity index is 3.90. The van der Waals surface area contributed by atoms with Crippen LogP contribution in [-0.4, -0.2) is 21.4 Å². The van der Waals surface area contributed by atoms with E-state index in [0.29, 0.717) is 12.3 Å². The molecule has 0 aromatic rings. The van der Waals surface area contributed by atoms with E-state index in [1.165, 1.54) is 0 Å². The van der Waals surface area contributed by atoms with Crippen LogP contribution in [0.25, 0.3) is 0 Å². The zero-order valence-electron chi connectivity index (χ0n) is 9.59. The van der Waals surface area contributed by atoms with Crippen molar-refractivity contribution in [1.82, 2.24) is 0 Å². The molecule has 0 aromatic heterocycles. The van der Waals surface area contributed by atoms with Crippen molar-refractivity contribution in [3.63, 3.8) is 0 Å². The minimum Gasteiger partial charge on any atom is -0.387 e. The molecule has 0 radical (unpaired) electrons. The number of aliphatic hydroxyl groups is 2. The molecule has 0 aliphatic rings. The average molecular weight is 188 g/mol. The lowest BCUT2D eigenvalue weighted by atomic mass is 9.83. The van der Waals surface area contributed by atoms with Gasteiger partial charge in [0.1, 0.15) is 0 Å². The first-order chi connectivity index (χ1) is 5.67. The summed E-state index contributed by atoms with van der Waals surface area (Å²) in [7, 11) is 0. The summed E-state index contributed by atoms with van der Waals surface area (Å²) in [5.74, 6) is 0.664. The summed E-state index contributed by atoms with van der Waals surface area (Å²) >= 11 is 0. The number of hydrogen-bond donors (Lipinski definition) is 2. The molecule has 0 aliphatic carbocycles. The van der Waals surface area contributed by atoms with Gasteiger partial charge >= 0.3 is 0 Å². The third kappa shape index (κ3) is 4.63. The van der Waals surface area contributed by atoms with Crippen LogP contribution >= 0.6 is 0 Å². The third-order valence-corrected chi connectivity index (χ3v) is 2.76. The van der Waals surface area contributed by atoms with E-state index in [9.17, 15) is 10.2 Å². The van der Waals surface area contributed by atoms with E-state index in [2.05, 4.69) is 13.8 Å². The van der Waals surface area contributed by atoms with Crippen molar-refractivity contribution in [3.05, 3.63) is 0 Å². The lowest BCUT2D eigenvalue weighted by molar-refractivity contribution is -0.124. The summed E-state index contributed by atoms with van der Waals surface area (Å²) in [6.07, 6.45) is 2.73. The summed E-state index contributed by atoms with van der Waals surface area (Å²) in [6, 6.07) is 0. The van der Waals surface area contributed by atoms with Gasteiger partial charge in [0.05, 0.1) is 11.2 Å². The number of rotatable bonds is 5. The molecule has 2 N–H and O–H groups in total. The molecule has 0 saturated carbocycles. The molecule has 80 valence electrons.